The largest absolute Gasteiger partial charge is 0.496 e. The number of hydrogen-bond donors (Lipinski definition) is 2. The summed E-state index contributed by atoms with van der Waals surface area (Å²) in [5.41, 5.74) is 9.37. The number of H-pyrrole nitrogens is 1. The second kappa shape index (κ2) is 5.75. The quantitative estimate of drug-likeness (QED) is 0.909. The molecule has 0 aliphatic carbocycles. The summed E-state index contributed by atoms with van der Waals surface area (Å²) in [7, 11) is 1.69. The fraction of sp³-hybridized carbons (Fsp3) is 0.357. The average Bonchev–Trinajstić information content (AvgIpc) is 2.80. The third-order valence-corrected chi connectivity index (χ3v) is 3.69. The molecule has 0 amide bonds. The molecule has 0 saturated carbocycles. The van der Waals surface area contributed by atoms with Crippen LogP contribution in [-0.4, -0.2) is 23.6 Å². The molecule has 3 N–H and O–H groups in total. The number of ether oxygens (including phenoxy) is 1. The van der Waals surface area contributed by atoms with Crippen LogP contribution in [0.15, 0.2) is 22.9 Å². The molecule has 0 radical (unpaired) electrons. The van der Waals surface area contributed by atoms with Gasteiger partial charge in [0, 0.05) is 6.54 Å². The molecule has 1 aromatic carbocycles. The molecule has 2 aromatic rings. The molecular weight excluding hydrogens is 306 g/mol. The second-order valence-electron chi connectivity index (χ2n) is 4.58. The van der Waals surface area contributed by atoms with Gasteiger partial charge in [-0.3, -0.25) is 0 Å². The third kappa shape index (κ3) is 2.82. The SMILES string of the molecule is COc1cc(C)c(C(CN)c2ncc(Br)[nH]2)cc1C. The first-order valence-corrected chi connectivity index (χ1v) is 6.91. The number of halogens is 1. The van der Waals surface area contributed by atoms with Gasteiger partial charge in [0.25, 0.3) is 0 Å². The van der Waals surface area contributed by atoms with Crippen molar-refractivity contribution in [2.75, 3.05) is 13.7 Å². The maximum absolute atomic E-state index is 5.93. The van der Waals surface area contributed by atoms with E-state index in [0.717, 1.165) is 27.3 Å². The molecule has 0 saturated heterocycles. The van der Waals surface area contributed by atoms with Crippen molar-refractivity contribution >= 4 is 15.9 Å². The summed E-state index contributed by atoms with van der Waals surface area (Å²) in [6, 6.07) is 4.17. The summed E-state index contributed by atoms with van der Waals surface area (Å²) >= 11 is 3.38. The Hall–Kier alpha value is -1.33. The van der Waals surface area contributed by atoms with Crippen LogP contribution in [0.4, 0.5) is 0 Å². The highest BCUT2D eigenvalue weighted by molar-refractivity contribution is 9.10. The van der Waals surface area contributed by atoms with Gasteiger partial charge in [-0.25, -0.2) is 4.98 Å². The molecule has 5 heteroatoms. The van der Waals surface area contributed by atoms with E-state index in [1.54, 1.807) is 13.3 Å². The van der Waals surface area contributed by atoms with Crippen LogP contribution >= 0.6 is 15.9 Å². The lowest BCUT2D eigenvalue weighted by Crippen LogP contribution is -2.16. The van der Waals surface area contributed by atoms with Crippen molar-refractivity contribution in [2.45, 2.75) is 19.8 Å². The van der Waals surface area contributed by atoms with Gasteiger partial charge in [0.2, 0.25) is 0 Å². The van der Waals surface area contributed by atoms with Gasteiger partial charge in [0.05, 0.1) is 19.2 Å². The van der Waals surface area contributed by atoms with E-state index in [1.807, 2.05) is 13.0 Å². The monoisotopic (exact) mass is 323 g/mol. The summed E-state index contributed by atoms with van der Waals surface area (Å²) in [5.74, 6) is 1.84. The molecule has 1 aromatic heterocycles. The van der Waals surface area contributed by atoms with Crippen molar-refractivity contribution in [1.82, 2.24) is 9.97 Å². The molecule has 0 aliphatic rings. The molecule has 1 unspecified atom stereocenters. The zero-order chi connectivity index (χ0) is 14.0. The molecule has 4 nitrogen and oxygen atoms in total. The number of hydrogen-bond acceptors (Lipinski definition) is 3. The van der Waals surface area contributed by atoms with Crippen molar-refractivity contribution in [2.24, 2.45) is 5.73 Å². The Morgan fingerprint density at radius 3 is 2.63 bits per heavy atom. The first-order chi connectivity index (χ1) is 9.06. The van der Waals surface area contributed by atoms with Gasteiger partial charge >= 0.3 is 0 Å². The lowest BCUT2D eigenvalue weighted by molar-refractivity contribution is 0.411. The number of aromatic nitrogens is 2. The van der Waals surface area contributed by atoms with Crippen LogP contribution in [0.5, 0.6) is 5.75 Å². The van der Waals surface area contributed by atoms with Crippen molar-refractivity contribution in [3.8, 4) is 5.75 Å². The predicted molar refractivity (Wildman–Crippen MR) is 79.7 cm³/mol. The summed E-state index contributed by atoms with van der Waals surface area (Å²) in [6.07, 6.45) is 1.75. The lowest BCUT2D eigenvalue weighted by atomic mass is 9.92. The Kier molecular flexibility index (Phi) is 4.27. The standard InChI is InChI=1S/C14H18BrN3O/c1-8-5-12(19-3)9(2)4-10(8)11(6-16)14-17-7-13(15)18-14/h4-5,7,11H,6,16H2,1-3H3,(H,17,18). The summed E-state index contributed by atoms with van der Waals surface area (Å²) in [4.78, 5) is 7.56. The number of aromatic amines is 1. The minimum Gasteiger partial charge on any atom is -0.496 e. The first kappa shape index (κ1) is 14.1. The molecule has 102 valence electrons. The second-order valence-corrected chi connectivity index (χ2v) is 5.44. The van der Waals surface area contributed by atoms with E-state index in [9.17, 15) is 0 Å². The van der Waals surface area contributed by atoms with E-state index in [1.165, 1.54) is 5.56 Å². The number of methoxy groups -OCH3 is 1. The first-order valence-electron chi connectivity index (χ1n) is 6.12. The van der Waals surface area contributed by atoms with Gasteiger partial charge in [-0.1, -0.05) is 6.07 Å². The molecule has 0 bridgehead atoms. The normalized spacial score (nSPS) is 12.5. The van der Waals surface area contributed by atoms with Gasteiger partial charge in [0.15, 0.2) is 0 Å². The highest BCUT2D eigenvalue weighted by Crippen LogP contribution is 2.30. The van der Waals surface area contributed by atoms with Crippen LogP contribution in [0.2, 0.25) is 0 Å². The molecule has 0 aliphatic heterocycles. The molecule has 1 heterocycles. The van der Waals surface area contributed by atoms with Crippen molar-refractivity contribution in [1.29, 1.82) is 0 Å². The van der Waals surface area contributed by atoms with E-state index in [4.69, 9.17) is 10.5 Å². The van der Waals surface area contributed by atoms with Crippen molar-refractivity contribution in [3.63, 3.8) is 0 Å². The van der Waals surface area contributed by atoms with Gasteiger partial charge in [0.1, 0.15) is 16.2 Å². The Morgan fingerprint density at radius 1 is 1.37 bits per heavy atom. The van der Waals surface area contributed by atoms with Gasteiger partial charge in [-0.2, -0.15) is 0 Å². The Labute approximate surface area is 121 Å². The summed E-state index contributed by atoms with van der Waals surface area (Å²) < 4.78 is 6.21. The van der Waals surface area contributed by atoms with Crippen molar-refractivity contribution in [3.05, 3.63) is 45.4 Å². The molecule has 19 heavy (non-hydrogen) atoms. The number of rotatable bonds is 4. The maximum atomic E-state index is 5.93. The molecule has 0 spiro atoms. The third-order valence-electron chi connectivity index (χ3n) is 3.29. The van der Waals surface area contributed by atoms with Gasteiger partial charge in [-0.15, -0.1) is 0 Å². The Morgan fingerprint density at radius 2 is 2.11 bits per heavy atom. The predicted octanol–water partition coefficient (Wildman–Crippen LogP) is 2.89. The number of nitrogens with one attached hydrogen (secondary N) is 1. The van der Waals surface area contributed by atoms with Crippen LogP contribution in [0.3, 0.4) is 0 Å². The Bertz CT molecular complexity index is 580. The Balaban J connectivity index is 2.47. The summed E-state index contributed by atoms with van der Waals surface area (Å²) in [5, 5.41) is 0. The van der Waals surface area contributed by atoms with Crippen LogP contribution in [0.25, 0.3) is 0 Å². The minimum absolute atomic E-state index is 0.0657. The summed E-state index contributed by atoms with van der Waals surface area (Å²) in [6.45, 7) is 4.61. The zero-order valence-electron chi connectivity index (χ0n) is 11.3. The minimum atomic E-state index is 0.0657. The maximum Gasteiger partial charge on any atom is 0.122 e. The highest BCUT2D eigenvalue weighted by atomic mass is 79.9. The van der Waals surface area contributed by atoms with Gasteiger partial charge in [-0.05, 0) is 52.5 Å². The van der Waals surface area contributed by atoms with E-state index in [-0.39, 0.29) is 5.92 Å². The molecule has 0 fully saturated rings. The number of nitrogens with zero attached hydrogens (tertiary/aromatic N) is 1. The van der Waals surface area contributed by atoms with Crippen LogP contribution < -0.4 is 10.5 Å². The smallest absolute Gasteiger partial charge is 0.122 e. The zero-order valence-corrected chi connectivity index (χ0v) is 12.9. The number of benzene rings is 1. The fourth-order valence-corrected chi connectivity index (χ4v) is 2.59. The van der Waals surface area contributed by atoms with E-state index in [0.29, 0.717) is 6.54 Å². The van der Waals surface area contributed by atoms with E-state index < -0.39 is 0 Å². The van der Waals surface area contributed by atoms with Gasteiger partial charge < -0.3 is 15.5 Å². The van der Waals surface area contributed by atoms with Crippen LogP contribution in [0.1, 0.15) is 28.4 Å². The fourth-order valence-electron chi connectivity index (χ4n) is 2.28. The van der Waals surface area contributed by atoms with Crippen molar-refractivity contribution < 1.29 is 4.74 Å². The molecular formula is C14H18BrN3O. The molecule has 2 rings (SSSR count). The number of nitrogens with two attached hydrogens (primary N) is 1. The number of aryl methyl sites for hydroxylation is 2. The number of imidazole rings is 1. The average molecular weight is 324 g/mol. The molecule has 1 atom stereocenters. The lowest BCUT2D eigenvalue weighted by Gasteiger charge is -2.18. The topological polar surface area (TPSA) is 63.9 Å². The van der Waals surface area contributed by atoms with Crippen LogP contribution in [0, 0.1) is 13.8 Å². The van der Waals surface area contributed by atoms with Crippen LogP contribution in [-0.2, 0) is 0 Å². The van der Waals surface area contributed by atoms with E-state index >= 15 is 0 Å². The highest BCUT2D eigenvalue weighted by Gasteiger charge is 2.19. The van der Waals surface area contributed by atoms with E-state index in [2.05, 4.69) is 38.9 Å².